The van der Waals surface area contributed by atoms with Gasteiger partial charge in [-0.05, 0) is 85.7 Å². The third-order valence-electron chi connectivity index (χ3n) is 10.4. The van der Waals surface area contributed by atoms with Gasteiger partial charge in [-0.2, -0.15) is 0 Å². The molecule has 0 aromatic carbocycles. The molecule has 0 bridgehead atoms. The molecule has 3 heterocycles. The molecule has 3 aliphatic heterocycles. The Balaban J connectivity index is 1.21. The number of nitrogens with zero attached hydrogens (tertiary/aromatic N) is 3. The van der Waals surface area contributed by atoms with Crippen LogP contribution in [0.4, 0.5) is 0 Å². The molecule has 5 rings (SSSR count). The Morgan fingerprint density at radius 2 is 1.69 bits per heavy atom. The van der Waals surface area contributed by atoms with Gasteiger partial charge in [-0.3, -0.25) is 31.2 Å². The number of hydrazine groups is 1. The fourth-order valence-corrected chi connectivity index (χ4v) is 11.1. The zero-order valence-electron chi connectivity index (χ0n) is 26.8. The van der Waals surface area contributed by atoms with Crippen molar-refractivity contribution in [2.24, 2.45) is 5.92 Å². The number of rotatable bonds is 12. The van der Waals surface area contributed by atoms with Crippen LogP contribution in [0, 0.1) is 5.92 Å². The molecule has 11 nitrogen and oxygen atoms in total. The first kappa shape index (κ1) is 33.3. The van der Waals surface area contributed by atoms with E-state index in [4.69, 9.17) is 4.74 Å². The zero-order chi connectivity index (χ0) is 30.1. The highest BCUT2D eigenvalue weighted by molar-refractivity contribution is 8.00. The van der Waals surface area contributed by atoms with Crippen molar-refractivity contribution in [1.29, 1.82) is 0 Å². The molecule has 42 heavy (non-hydrogen) atoms. The molecule has 244 valence electrons. The van der Waals surface area contributed by atoms with E-state index >= 15 is 0 Å². The van der Waals surface area contributed by atoms with Gasteiger partial charge in [0.25, 0.3) is 0 Å². The van der Waals surface area contributed by atoms with E-state index in [1.807, 2.05) is 32.7 Å². The molecule has 0 amide bonds. The van der Waals surface area contributed by atoms with Gasteiger partial charge in [0.05, 0.1) is 28.5 Å². The Labute approximate surface area is 259 Å². The van der Waals surface area contributed by atoms with E-state index < -0.39 is 14.6 Å². The van der Waals surface area contributed by atoms with Crippen molar-refractivity contribution < 1.29 is 13.2 Å². The first-order valence-electron chi connectivity index (χ1n) is 16.3. The smallest absolute Gasteiger partial charge is 0.158 e. The van der Waals surface area contributed by atoms with Crippen LogP contribution in [0.5, 0.6) is 0 Å². The van der Waals surface area contributed by atoms with E-state index in [9.17, 15) is 8.42 Å². The minimum atomic E-state index is -3.12. The van der Waals surface area contributed by atoms with Crippen molar-refractivity contribution in [2.45, 2.75) is 117 Å². The van der Waals surface area contributed by atoms with E-state index in [-0.39, 0.29) is 35.3 Å². The molecule has 0 spiro atoms. The van der Waals surface area contributed by atoms with Crippen LogP contribution in [0.1, 0.15) is 65.7 Å². The third-order valence-corrected chi connectivity index (χ3v) is 14.9. The molecule has 5 N–H and O–H groups in total. The third kappa shape index (κ3) is 7.83. The number of hydrogen-bond donors (Lipinski definition) is 5. The maximum Gasteiger partial charge on any atom is 0.158 e. The number of nitrogens with one attached hydrogen (secondary N) is 5. The van der Waals surface area contributed by atoms with Gasteiger partial charge in [0.1, 0.15) is 11.6 Å². The summed E-state index contributed by atoms with van der Waals surface area (Å²) in [7, 11) is 2.98. The van der Waals surface area contributed by atoms with Gasteiger partial charge in [0.2, 0.25) is 0 Å². The molecule has 6 unspecified atom stereocenters. The molecular weight excluding hydrogens is 573 g/mol. The summed E-state index contributed by atoms with van der Waals surface area (Å²) in [5.41, 5.74) is 6.79. The van der Waals surface area contributed by atoms with Gasteiger partial charge in [-0.15, -0.1) is 11.8 Å². The summed E-state index contributed by atoms with van der Waals surface area (Å²) in [4.78, 5) is 7.38. The summed E-state index contributed by atoms with van der Waals surface area (Å²) in [5, 5.41) is 11.8. The van der Waals surface area contributed by atoms with Crippen LogP contribution in [0.3, 0.4) is 0 Å². The van der Waals surface area contributed by atoms with E-state index in [0.29, 0.717) is 17.2 Å². The lowest BCUT2D eigenvalue weighted by molar-refractivity contribution is -0.0680. The van der Waals surface area contributed by atoms with Gasteiger partial charge in [-0.25, -0.2) is 13.8 Å². The number of ether oxygens (including phenoxy) is 1. The molecule has 6 atom stereocenters. The lowest BCUT2D eigenvalue weighted by Crippen LogP contribution is -2.75. The lowest BCUT2D eigenvalue weighted by Gasteiger charge is -2.50. The van der Waals surface area contributed by atoms with E-state index in [0.717, 1.165) is 84.2 Å². The number of thioether (sulfide) groups is 1. The van der Waals surface area contributed by atoms with Crippen LogP contribution in [0.2, 0.25) is 0 Å². The van der Waals surface area contributed by atoms with E-state index in [1.54, 1.807) is 0 Å². The first-order chi connectivity index (χ1) is 20.0. The van der Waals surface area contributed by atoms with Crippen molar-refractivity contribution >= 4 is 21.6 Å². The molecule has 5 fully saturated rings. The summed E-state index contributed by atoms with van der Waals surface area (Å²) >= 11 is 1.94. The fourth-order valence-electron chi connectivity index (χ4n) is 7.30. The number of piperazine rings is 1. The molecule has 3 saturated heterocycles. The largest absolute Gasteiger partial charge is 0.375 e. The van der Waals surface area contributed by atoms with Crippen LogP contribution >= 0.6 is 11.8 Å². The standard InChI is InChI=1S/C29H58N8O3S2/c1-20-19-24(34-33-20)30-26-25(40-6)27(37-17-15-36(16-18-37)14-13-35(4)5)32-28(31-26)41-22-9-11-23(12-10-22)42(38,39)29(2,3)21-7-8-21/h20-28,30-34H,7-19H2,1-6H3. The van der Waals surface area contributed by atoms with Crippen molar-refractivity contribution in [2.75, 3.05) is 60.5 Å². The summed E-state index contributed by atoms with van der Waals surface area (Å²) in [6.45, 7) is 12.5. The highest BCUT2D eigenvalue weighted by Crippen LogP contribution is 2.47. The number of sulfone groups is 1. The minimum Gasteiger partial charge on any atom is -0.375 e. The highest BCUT2D eigenvalue weighted by Gasteiger charge is 2.51. The zero-order valence-corrected chi connectivity index (χ0v) is 28.4. The monoisotopic (exact) mass is 630 g/mol. The predicted octanol–water partition coefficient (Wildman–Crippen LogP) is 0.759. The maximum absolute atomic E-state index is 13.5. The average Bonchev–Trinajstić information content (AvgIpc) is 3.75. The van der Waals surface area contributed by atoms with Gasteiger partial charge in [0, 0.05) is 57.7 Å². The Morgan fingerprint density at radius 3 is 2.26 bits per heavy atom. The quantitative estimate of drug-likeness (QED) is 0.210. The van der Waals surface area contributed by atoms with E-state index in [1.165, 1.54) is 0 Å². The lowest BCUT2D eigenvalue weighted by atomic mass is 9.99. The molecule has 13 heteroatoms. The molecule has 5 aliphatic rings. The Morgan fingerprint density at radius 1 is 1.00 bits per heavy atom. The van der Waals surface area contributed by atoms with E-state index in [2.05, 4.69) is 62.5 Å². The topological polar surface area (TPSA) is 113 Å². The Bertz CT molecular complexity index is 968. The van der Waals surface area contributed by atoms with Gasteiger partial charge in [0.15, 0.2) is 9.84 Å². The molecule has 0 aromatic heterocycles. The van der Waals surface area contributed by atoms with Crippen LogP contribution in [-0.2, 0) is 14.6 Å². The molecule has 2 aliphatic carbocycles. The maximum atomic E-state index is 13.5. The van der Waals surface area contributed by atoms with Crippen LogP contribution in [-0.4, -0.2) is 135 Å². The number of likely N-dealkylation sites (N-methyl/N-ethyl adjacent to an activating group) is 1. The summed E-state index contributed by atoms with van der Waals surface area (Å²) in [6.07, 6.45) is 6.75. The number of methoxy groups -OCH3 is 1. The van der Waals surface area contributed by atoms with Crippen molar-refractivity contribution in [3.63, 3.8) is 0 Å². The summed E-state index contributed by atoms with van der Waals surface area (Å²) < 4.78 is 32.7. The second kappa shape index (κ2) is 14.1. The predicted molar refractivity (Wildman–Crippen MR) is 172 cm³/mol. The molecule has 2 saturated carbocycles. The van der Waals surface area contributed by atoms with Gasteiger partial charge < -0.3 is 9.64 Å². The SMILES string of the molecule is COC1C(NC2CC(C)NN2)NC(SC2CCC(S(=O)(=O)C(C)(C)C3CC3)CC2)NC1N1CCN(CCN(C)C)CC1. The first-order valence-corrected chi connectivity index (χ1v) is 18.8. The van der Waals surface area contributed by atoms with Gasteiger partial charge >= 0.3 is 0 Å². The highest BCUT2D eigenvalue weighted by atomic mass is 32.2. The van der Waals surface area contributed by atoms with Crippen LogP contribution < -0.4 is 26.8 Å². The number of hydrogen-bond acceptors (Lipinski definition) is 12. The average molecular weight is 631 g/mol. The van der Waals surface area contributed by atoms with Gasteiger partial charge in [-0.1, -0.05) is 0 Å². The minimum absolute atomic E-state index is 0.0221. The van der Waals surface area contributed by atoms with Crippen molar-refractivity contribution in [3.8, 4) is 0 Å². The Hall–Kier alpha value is -0.0600. The molecular formula is C29H58N8O3S2. The fraction of sp³-hybridized carbons (Fsp3) is 1.00. The second-order valence-corrected chi connectivity index (χ2v) is 18.3. The molecule has 0 radical (unpaired) electrons. The van der Waals surface area contributed by atoms with Crippen molar-refractivity contribution in [1.82, 2.24) is 41.5 Å². The molecule has 0 aromatic rings. The summed E-state index contributed by atoms with van der Waals surface area (Å²) in [6, 6.07) is 0.415. The summed E-state index contributed by atoms with van der Waals surface area (Å²) in [5.74, 6) is 0.350. The normalized spacial score (nSPS) is 37.9. The van der Waals surface area contributed by atoms with Crippen LogP contribution in [0.25, 0.3) is 0 Å². The second-order valence-electron chi connectivity index (χ2n) is 14.1. The Kier molecular flexibility index (Phi) is 11.2. The van der Waals surface area contributed by atoms with Crippen LogP contribution in [0.15, 0.2) is 0 Å². The van der Waals surface area contributed by atoms with Crippen molar-refractivity contribution in [3.05, 3.63) is 0 Å².